The van der Waals surface area contributed by atoms with E-state index in [1.807, 2.05) is 0 Å². The molecule has 0 atom stereocenters. The van der Waals surface area contributed by atoms with Crippen molar-refractivity contribution < 1.29 is 28.2 Å². The van der Waals surface area contributed by atoms with Crippen molar-refractivity contribution in [3.8, 4) is 5.75 Å². The second-order valence-electron chi connectivity index (χ2n) is 4.75. The molecule has 2 rings (SSSR count). The molecule has 0 N–H and O–H groups in total. The summed E-state index contributed by atoms with van der Waals surface area (Å²) in [5, 5.41) is 0. The highest BCUT2D eigenvalue weighted by atomic mass is 79.9. The van der Waals surface area contributed by atoms with Gasteiger partial charge in [-0.15, -0.1) is 0 Å². The van der Waals surface area contributed by atoms with Crippen LogP contribution in [0.3, 0.4) is 0 Å². The third kappa shape index (κ3) is 3.24. The standard InChI is InChI=1S/C14H12BrFO5/c1-14(2)20-12(17)8(13(18)21-14)4-7-5-9(15)11(19-3)10(16)6-7/h4-6H,1-3H3. The molecule has 0 unspecified atom stereocenters. The molecule has 0 aromatic heterocycles. The van der Waals surface area contributed by atoms with Crippen LogP contribution in [-0.4, -0.2) is 24.8 Å². The molecule has 112 valence electrons. The predicted molar refractivity (Wildman–Crippen MR) is 74.9 cm³/mol. The number of carbonyl (C=O) groups is 2. The van der Waals surface area contributed by atoms with Crippen LogP contribution >= 0.6 is 15.9 Å². The Morgan fingerprint density at radius 3 is 2.29 bits per heavy atom. The van der Waals surface area contributed by atoms with Crippen molar-refractivity contribution in [2.24, 2.45) is 0 Å². The van der Waals surface area contributed by atoms with E-state index in [0.29, 0.717) is 10.0 Å². The van der Waals surface area contributed by atoms with Crippen molar-refractivity contribution in [3.05, 3.63) is 33.6 Å². The van der Waals surface area contributed by atoms with Gasteiger partial charge in [0, 0.05) is 13.8 Å². The van der Waals surface area contributed by atoms with E-state index < -0.39 is 23.5 Å². The lowest BCUT2D eigenvalue weighted by molar-refractivity contribution is -0.222. The van der Waals surface area contributed by atoms with E-state index in [9.17, 15) is 14.0 Å². The molecule has 1 heterocycles. The molecule has 1 fully saturated rings. The van der Waals surface area contributed by atoms with Gasteiger partial charge in [0.2, 0.25) is 0 Å². The van der Waals surface area contributed by atoms with E-state index in [0.717, 1.165) is 6.07 Å². The van der Waals surface area contributed by atoms with E-state index in [1.165, 1.54) is 33.1 Å². The number of hydrogen-bond acceptors (Lipinski definition) is 5. The zero-order chi connectivity index (χ0) is 15.8. The number of cyclic esters (lactones) is 2. The van der Waals surface area contributed by atoms with E-state index in [-0.39, 0.29) is 11.3 Å². The first-order chi connectivity index (χ1) is 9.73. The number of methoxy groups -OCH3 is 1. The van der Waals surface area contributed by atoms with E-state index >= 15 is 0 Å². The van der Waals surface area contributed by atoms with Gasteiger partial charge in [0.1, 0.15) is 5.57 Å². The summed E-state index contributed by atoms with van der Waals surface area (Å²) in [5.74, 6) is -3.53. The number of rotatable bonds is 2. The summed E-state index contributed by atoms with van der Waals surface area (Å²) in [6.45, 7) is 2.90. The van der Waals surface area contributed by atoms with Crippen molar-refractivity contribution in [1.82, 2.24) is 0 Å². The summed E-state index contributed by atoms with van der Waals surface area (Å²) in [7, 11) is 1.33. The zero-order valence-electron chi connectivity index (χ0n) is 11.5. The lowest BCUT2D eigenvalue weighted by Crippen LogP contribution is -2.41. The van der Waals surface area contributed by atoms with E-state index in [2.05, 4.69) is 15.9 Å². The van der Waals surface area contributed by atoms with Gasteiger partial charge in [0.05, 0.1) is 11.6 Å². The van der Waals surface area contributed by atoms with Crippen LogP contribution in [0.25, 0.3) is 6.08 Å². The predicted octanol–water partition coefficient (Wildman–Crippen LogP) is 2.82. The first kappa shape index (κ1) is 15.5. The molecule has 0 radical (unpaired) electrons. The van der Waals surface area contributed by atoms with Crippen molar-refractivity contribution in [2.75, 3.05) is 7.11 Å². The SMILES string of the molecule is COc1c(F)cc(C=C2C(=O)OC(C)(C)OC2=O)cc1Br. The summed E-state index contributed by atoms with van der Waals surface area (Å²) in [4.78, 5) is 23.6. The Kier molecular flexibility index (Phi) is 4.04. The monoisotopic (exact) mass is 358 g/mol. The molecule has 7 heteroatoms. The molecule has 0 spiro atoms. The normalized spacial score (nSPS) is 17.1. The molecule has 1 aromatic rings. The number of ether oxygens (including phenoxy) is 3. The molecule has 0 aliphatic carbocycles. The Labute approximate surface area is 128 Å². The molecule has 21 heavy (non-hydrogen) atoms. The van der Waals surface area contributed by atoms with Gasteiger partial charge in [-0.2, -0.15) is 0 Å². The van der Waals surface area contributed by atoms with Crippen LogP contribution in [0.2, 0.25) is 0 Å². The van der Waals surface area contributed by atoms with Crippen LogP contribution in [0.5, 0.6) is 5.75 Å². The molecule has 1 saturated heterocycles. The third-order valence-electron chi connectivity index (χ3n) is 2.65. The Morgan fingerprint density at radius 2 is 1.81 bits per heavy atom. The number of hydrogen-bond donors (Lipinski definition) is 0. The summed E-state index contributed by atoms with van der Waals surface area (Å²) < 4.78 is 28.9. The summed E-state index contributed by atoms with van der Waals surface area (Å²) in [6.07, 6.45) is 1.20. The second-order valence-corrected chi connectivity index (χ2v) is 5.61. The average Bonchev–Trinajstić information content (AvgIpc) is 2.32. The second kappa shape index (κ2) is 5.48. The number of esters is 2. The number of benzene rings is 1. The minimum Gasteiger partial charge on any atom is -0.492 e. The first-order valence-corrected chi connectivity index (χ1v) is 6.74. The van der Waals surface area contributed by atoms with Gasteiger partial charge in [-0.05, 0) is 39.7 Å². The highest BCUT2D eigenvalue weighted by Gasteiger charge is 2.38. The minimum atomic E-state index is -1.31. The lowest BCUT2D eigenvalue weighted by atomic mass is 10.1. The van der Waals surface area contributed by atoms with Gasteiger partial charge in [0.25, 0.3) is 5.79 Å². The Hall–Kier alpha value is -1.89. The molecule has 1 aliphatic heterocycles. The first-order valence-electron chi connectivity index (χ1n) is 5.95. The topological polar surface area (TPSA) is 61.8 Å². The van der Waals surface area contributed by atoms with Crippen LogP contribution in [0.1, 0.15) is 19.4 Å². The quantitative estimate of drug-likeness (QED) is 0.462. The lowest BCUT2D eigenvalue weighted by Gasteiger charge is -2.29. The average molecular weight is 359 g/mol. The van der Waals surface area contributed by atoms with Crippen LogP contribution < -0.4 is 4.74 Å². The highest BCUT2D eigenvalue weighted by Crippen LogP contribution is 2.31. The molecule has 1 aliphatic rings. The largest absolute Gasteiger partial charge is 0.492 e. The molecule has 0 saturated carbocycles. The van der Waals surface area contributed by atoms with Gasteiger partial charge in [0.15, 0.2) is 11.6 Å². The third-order valence-corrected chi connectivity index (χ3v) is 3.24. The minimum absolute atomic E-state index is 0.0343. The van der Waals surface area contributed by atoms with Crippen molar-refractivity contribution >= 4 is 33.9 Å². The summed E-state index contributed by atoms with van der Waals surface area (Å²) in [6, 6.07) is 2.64. The smallest absolute Gasteiger partial charge is 0.348 e. The zero-order valence-corrected chi connectivity index (χ0v) is 13.1. The molecule has 0 amide bonds. The van der Waals surface area contributed by atoms with Gasteiger partial charge in [-0.1, -0.05) is 0 Å². The maximum absolute atomic E-state index is 13.8. The molecule has 0 bridgehead atoms. The van der Waals surface area contributed by atoms with Crippen LogP contribution in [0.15, 0.2) is 22.2 Å². The van der Waals surface area contributed by atoms with Gasteiger partial charge < -0.3 is 14.2 Å². The maximum atomic E-state index is 13.8. The van der Waals surface area contributed by atoms with Crippen molar-refractivity contribution in [3.63, 3.8) is 0 Å². The highest BCUT2D eigenvalue weighted by molar-refractivity contribution is 9.10. The van der Waals surface area contributed by atoms with Gasteiger partial charge in [-0.3, -0.25) is 0 Å². The van der Waals surface area contributed by atoms with Crippen molar-refractivity contribution in [2.45, 2.75) is 19.6 Å². The summed E-state index contributed by atoms with van der Waals surface area (Å²) >= 11 is 3.14. The van der Waals surface area contributed by atoms with Crippen molar-refractivity contribution in [1.29, 1.82) is 0 Å². The van der Waals surface area contributed by atoms with Gasteiger partial charge >= 0.3 is 11.9 Å². The van der Waals surface area contributed by atoms with Crippen LogP contribution in [-0.2, 0) is 19.1 Å². The number of halogens is 2. The Balaban J connectivity index is 2.40. The maximum Gasteiger partial charge on any atom is 0.348 e. The van der Waals surface area contributed by atoms with E-state index in [1.54, 1.807) is 0 Å². The summed E-state index contributed by atoms with van der Waals surface area (Å²) in [5.41, 5.74) is -0.00503. The fraction of sp³-hybridized carbons (Fsp3) is 0.286. The molecular weight excluding hydrogens is 347 g/mol. The number of carbonyl (C=O) groups excluding carboxylic acids is 2. The molecular formula is C14H12BrFO5. The molecule has 5 nitrogen and oxygen atoms in total. The molecule has 1 aromatic carbocycles. The van der Waals surface area contributed by atoms with Gasteiger partial charge in [-0.25, -0.2) is 14.0 Å². The van der Waals surface area contributed by atoms with Crippen LogP contribution in [0, 0.1) is 5.82 Å². The Bertz CT molecular complexity index is 606. The fourth-order valence-corrected chi connectivity index (χ4v) is 2.42. The van der Waals surface area contributed by atoms with Crippen LogP contribution in [0.4, 0.5) is 4.39 Å². The fourth-order valence-electron chi connectivity index (χ4n) is 1.80. The van der Waals surface area contributed by atoms with E-state index in [4.69, 9.17) is 14.2 Å². The Morgan fingerprint density at radius 1 is 1.24 bits per heavy atom.